The van der Waals surface area contributed by atoms with E-state index in [0.29, 0.717) is 28.0 Å². The smallest absolute Gasteiger partial charge is 0.266 e. The Morgan fingerprint density at radius 1 is 1.00 bits per heavy atom. The molecule has 1 aliphatic rings. The van der Waals surface area contributed by atoms with Crippen LogP contribution in [-0.4, -0.2) is 15.5 Å². The lowest BCUT2D eigenvalue weighted by atomic mass is 10.1. The first-order valence-electron chi connectivity index (χ1n) is 9.12. The van der Waals surface area contributed by atoms with Crippen LogP contribution in [0.4, 0.5) is 5.69 Å². The second-order valence-electron chi connectivity index (χ2n) is 6.81. The number of amides is 1. The Labute approximate surface area is 193 Å². The molecule has 0 saturated heterocycles. The Bertz CT molecular complexity index is 1430. The third kappa shape index (κ3) is 3.27. The molecule has 0 spiro atoms. The van der Waals surface area contributed by atoms with Crippen molar-refractivity contribution in [2.75, 3.05) is 5.32 Å². The van der Waals surface area contributed by atoms with E-state index in [4.69, 9.17) is 4.98 Å². The molecule has 0 bridgehead atoms. The SMILES string of the molecule is O=C1Nc2ccc(Br)cc2/C1=C\c1nc2ccc(I)cc2c(=O)n1-c1ccccc1. The van der Waals surface area contributed by atoms with Crippen LogP contribution in [0.25, 0.3) is 28.2 Å². The second kappa shape index (κ2) is 7.48. The van der Waals surface area contributed by atoms with Gasteiger partial charge in [-0.15, -0.1) is 0 Å². The summed E-state index contributed by atoms with van der Waals surface area (Å²) >= 11 is 5.64. The fraction of sp³-hybridized carbons (Fsp3) is 0. The van der Waals surface area contributed by atoms with Crippen LogP contribution in [0.1, 0.15) is 11.4 Å². The number of para-hydroxylation sites is 1. The van der Waals surface area contributed by atoms with Gasteiger partial charge >= 0.3 is 0 Å². The van der Waals surface area contributed by atoms with Crippen LogP contribution in [0, 0.1) is 3.57 Å². The van der Waals surface area contributed by atoms with Gasteiger partial charge in [-0.3, -0.25) is 14.2 Å². The van der Waals surface area contributed by atoms with Crippen molar-refractivity contribution in [3.8, 4) is 5.69 Å². The predicted molar refractivity (Wildman–Crippen MR) is 131 cm³/mol. The van der Waals surface area contributed by atoms with Crippen molar-refractivity contribution >= 4 is 72.7 Å². The average molecular weight is 570 g/mol. The van der Waals surface area contributed by atoms with Crippen LogP contribution in [-0.2, 0) is 4.79 Å². The van der Waals surface area contributed by atoms with Crippen LogP contribution in [0.2, 0.25) is 0 Å². The third-order valence-electron chi connectivity index (χ3n) is 4.91. The number of fused-ring (bicyclic) bond motifs is 2. The van der Waals surface area contributed by atoms with Crippen LogP contribution < -0.4 is 10.9 Å². The lowest BCUT2D eigenvalue weighted by Gasteiger charge is -2.12. The molecule has 30 heavy (non-hydrogen) atoms. The zero-order valence-corrected chi connectivity index (χ0v) is 19.1. The maximum Gasteiger partial charge on any atom is 0.266 e. The van der Waals surface area contributed by atoms with Crippen molar-refractivity contribution in [2.45, 2.75) is 0 Å². The zero-order chi connectivity index (χ0) is 20.8. The van der Waals surface area contributed by atoms with Crippen molar-refractivity contribution in [1.82, 2.24) is 9.55 Å². The summed E-state index contributed by atoms with van der Waals surface area (Å²) < 4.78 is 3.37. The first kappa shape index (κ1) is 19.2. The number of halogens is 2. The highest BCUT2D eigenvalue weighted by Gasteiger charge is 2.25. The zero-order valence-electron chi connectivity index (χ0n) is 15.4. The molecule has 3 aromatic carbocycles. The summed E-state index contributed by atoms with van der Waals surface area (Å²) in [6, 6.07) is 20.5. The molecule has 146 valence electrons. The molecule has 0 unspecified atom stereocenters. The molecule has 0 atom stereocenters. The molecule has 7 heteroatoms. The molecule has 4 aromatic rings. The lowest BCUT2D eigenvalue weighted by molar-refractivity contribution is -0.110. The molecule has 2 heterocycles. The van der Waals surface area contributed by atoms with E-state index in [2.05, 4.69) is 43.8 Å². The van der Waals surface area contributed by atoms with Gasteiger partial charge in [0.2, 0.25) is 0 Å². The van der Waals surface area contributed by atoms with Gasteiger partial charge in [0.25, 0.3) is 11.5 Å². The first-order chi connectivity index (χ1) is 14.5. The fourth-order valence-electron chi connectivity index (χ4n) is 3.53. The van der Waals surface area contributed by atoms with Gasteiger partial charge in [-0.1, -0.05) is 34.1 Å². The Morgan fingerprint density at radius 3 is 2.60 bits per heavy atom. The van der Waals surface area contributed by atoms with E-state index in [0.717, 1.165) is 19.3 Å². The standard InChI is InChI=1S/C23H13BrIN3O2/c24-13-6-8-19-16(10-13)17(22(29)27-19)12-21-26-20-9-7-14(25)11-18(20)23(30)28(21)15-4-2-1-3-5-15/h1-12H,(H,27,29)/b17-12+. The molecule has 1 amide bonds. The molecular weight excluding hydrogens is 557 g/mol. The predicted octanol–water partition coefficient (Wildman–Crippen LogP) is 5.25. The van der Waals surface area contributed by atoms with E-state index in [-0.39, 0.29) is 11.5 Å². The highest BCUT2D eigenvalue weighted by Crippen LogP contribution is 2.35. The normalized spacial score (nSPS) is 14.2. The summed E-state index contributed by atoms with van der Waals surface area (Å²) in [5, 5.41) is 3.40. The van der Waals surface area contributed by atoms with E-state index < -0.39 is 0 Å². The van der Waals surface area contributed by atoms with Gasteiger partial charge in [-0.25, -0.2) is 4.98 Å². The van der Waals surface area contributed by atoms with Crippen LogP contribution in [0.3, 0.4) is 0 Å². The second-order valence-corrected chi connectivity index (χ2v) is 8.97. The number of benzene rings is 3. The molecular formula is C23H13BrIN3O2. The third-order valence-corrected chi connectivity index (χ3v) is 6.07. The number of nitrogens with one attached hydrogen (secondary N) is 1. The minimum atomic E-state index is -0.223. The van der Waals surface area contributed by atoms with Crippen LogP contribution >= 0.6 is 38.5 Å². The largest absolute Gasteiger partial charge is 0.321 e. The minimum Gasteiger partial charge on any atom is -0.321 e. The van der Waals surface area contributed by atoms with Gasteiger partial charge in [-0.05, 0) is 77.2 Å². The number of carbonyl (C=O) groups is 1. The van der Waals surface area contributed by atoms with Gasteiger partial charge in [0, 0.05) is 19.3 Å². The fourth-order valence-corrected chi connectivity index (χ4v) is 4.38. The summed E-state index contributed by atoms with van der Waals surface area (Å²) in [7, 11) is 0. The Hall–Kier alpha value is -2.78. The summed E-state index contributed by atoms with van der Waals surface area (Å²) in [6.45, 7) is 0. The van der Waals surface area contributed by atoms with Crippen LogP contribution in [0.5, 0.6) is 0 Å². The minimum absolute atomic E-state index is 0.176. The monoisotopic (exact) mass is 569 g/mol. The Balaban J connectivity index is 1.83. The summed E-state index contributed by atoms with van der Waals surface area (Å²) in [6.07, 6.45) is 1.68. The topological polar surface area (TPSA) is 64.0 Å². The molecule has 5 nitrogen and oxygen atoms in total. The van der Waals surface area contributed by atoms with Crippen molar-refractivity contribution in [2.24, 2.45) is 0 Å². The molecule has 0 fully saturated rings. The van der Waals surface area contributed by atoms with Crippen molar-refractivity contribution in [3.05, 3.63) is 96.5 Å². The number of nitrogens with zero attached hydrogens (tertiary/aromatic N) is 2. The lowest BCUT2D eigenvalue weighted by Crippen LogP contribution is -2.22. The van der Waals surface area contributed by atoms with Gasteiger partial charge in [0.15, 0.2) is 0 Å². The first-order valence-corrected chi connectivity index (χ1v) is 11.0. The number of hydrogen-bond acceptors (Lipinski definition) is 3. The van der Waals surface area contributed by atoms with Crippen molar-refractivity contribution < 1.29 is 4.79 Å². The number of anilines is 1. The molecule has 0 aliphatic carbocycles. The molecule has 5 rings (SSSR count). The highest BCUT2D eigenvalue weighted by atomic mass is 127. The van der Waals surface area contributed by atoms with E-state index in [9.17, 15) is 9.59 Å². The number of hydrogen-bond donors (Lipinski definition) is 1. The van der Waals surface area contributed by atoms with Crippen molar-refractivity contribution in [3.63, 3.8) is 0 Å². The summed E-state index contributed by atoms with van der Waals surface area (Å²) in [5.74, 6) is 0.178. The number of carbonyl (C=O) groups excluding carboxylic acids is 1. The Kier molecular flexibility index (Phi) is 4.79. The molecule has 1 aromatic heterocycles. The quantitative estimate of drug-likeness (QED) is 0.265. The maximum absolute atomic E-state index is 13.4. The molecule has 0 saturated carbocycles. The van der Waals surface area contributed by atoms with Gasteiger partial charge in [0.1, 0.15) is 5.82 Å². The van der Waals surface area contributed by atoms with Gasteiger partial charge in [-0.2, -0.15) is 0 Å². The van der Waals surface area contributed by atoms with Gasteiger partial charge in [0.05, 0.1) is 22.2 Å². The molecule has 1 aliphatic heterocycles. The van der Waals surface area contributed by atoms with Crippen molar-refractivity contribution in [1.29, 1.82) is 0 Å². The molecule has 1 N–H and O–H groups in total. The van der Waals surface area contributed by atoms with E-state index in [1.54, 1.807) is 10.6 Å². The van der Waals surface area contributed by atoms with Crippen LogP contribution in [0.15, 0.2) is 76.0 Å². The van der Waals surface area contributed by atoms with Gasteiger partial charge < -0.3 is 5.32 Å². The van der Waals surface area contributed by atoms with E-state index >= 15 is 0 Å². The van der Waals surface area contributed by atoms with E-state index in [1.165, 1.54) is 0 Å². The van der Waals surface area contributed by atoms with E-state index in [1.807, 2.05) is 66.7 Å². The average Bonchev–Trinajstić information content (AvgIpc) is 3.04. The maximum atomic E-state index is 13.4. The Morgan fingerprint density at radius 2 is 1.80 bits per heavy atom. The summed E-state index contributed by atoms with van der Waals surface area (Å²) in [4.78, 5) is 30.9. The summed E-state index contributed by atoms with van der Waals surface area (Å²) in [5.41, 5.74) is 3.07. The number of aromatic nitrogens is 2. The highest BCUT2D eigenvalue weighted by molar-refractivity contribution is 14.1. The molecule has 0 radical (unpaired) electrons. The number of rotatable bonds is 2.